The van der Waals surface area contributed by atoms with Gasteiger partial charge in [-0.25, -0.2) is 0 Å². The molecule has 0 aromatic rings. The monoisotopic (exact) mass is 312 g/mol. The van der Waals surface area contributed by atoms with Crippen molar-refractivity contribution >= 4 is 0 Å². The summed E-state index contributed by atoms with van der Waals surface area (Å²) in [5.74, 6) is 0.896. The molecule has 0 N–H and O–H groups in total. The van der Waals surface area contributed by atoms with Gasteiger partial charge in [0.15, 0.2) is 0 Å². The Morgan fingerprint density at radius 1 is 0.500 bits per heavy atom. The Bertz CT molecular complexity index is 214. The summed E-state index contributed by atoms with van der Waals surface area (Å²) in [7, 11) is 6.89. The van der Waals surface area contributed by atoms with Crippen LogP contribution in [0.15, 0.2) is 0 Å². The second kappa shape index (κ2) is 14.5. The minimum Gasteiger partial charge on any atom is -0.331 e. The van der Waals surface area contributed by atoms with E-state index in [1.165, 1.54) is 96.4 Å². The average Bonchev–Trinajstić information content (AvgIpc) is 2.41. The summed E-state index contributed by atoms with van der Waals surface area (Å²) in [6.07, 6.45) is 20.4. The number of rotatable bonds is 16. The van der Waals surface area contributed by atoms with Gasteiger partial charge in [-0.3, -0.25) is 0 Å². The molecule has 1 heteroatoms. The summed E-state index contributed by atoms with van der Waals surface area (Å²) < 4.78 is 1.12. The predicted molar refractivity (Wildman–Crippen MR) is 102 cm³/mol. The third-order valence-electron chi connectivity index (χ3n) is 4.61. The molecule has 0 saturated heterocycles. The van der Waals surface area contributed by atoms with E-state index in [2.05, 4.69) is 35.0 Å². The Balaban J connectivity index is 3.03. The molecule has 0 aliphatic rings. The van der Waals surface area contributed by atoms with E-state index in [1.54, 1.807) is 0 Å². The maximum atomic E-state index is 2.34. The lowest BCUT2D eigenvalue weighted by atomic mass is 10.0. The van der Waals surface area contributed by atoms with E-state index in [9.17, 15) is 0 Å². The maximum absolute atomic E-state index is 2.34. The normalized spacial score (nSPS) is 12.3. The maximum Gasteiger partial charge on any atom is 0.0780 e. The van der Waals surface area contributed by atoms with Gasteiger partial charge in [0.2, 0.25) is 0 Å². The van der Waals surface area contributed by atoms with Crippen LogP contribution in [0, 0.1) is 5.92 Å². The molecule has 0 bridgehead atoms. The number of hydrogen-bond acceptors (Lipinski definition) is 0. The fraction of sp³-hybridized carbons (Fsp3) is 1.00. The minimum atomic E-state index is 0.896. The zero-order valence-corrected chi connectivity index (χ0v) is 16.6. The molecule has 134 valence electrons. The van der Waals surface area contributed by atoms with Crippen molar-refractivity contribution in [3.63, 3.8) is 0 Å². The van der Waals surface area contributed by atoms with Gasteiger partial charge in [-0.1, -0.05) is 90.9 Å². The molecule has 0 saturated carbocycles. The summed E-state index contributed by atoms with van der Waals surface area (Å²) in [6.45, 7) is 6.00. The SMILES string of the molecule is CC(C)CCCCCCCCCCCCCCC[N+](C)(C)C. The first-order valence-electron chi connectivity index (χ1n) is 10.2. The van der Waals surface area contributed by atoms with Crippen molar-refractivity contribution in [3.05, 3.63) is 0 Å². The summed E-state index contributed by atoms with van der Waals surface area (Å²) in [4.78, 5) is 0. The molecule has 0 aliphatic heterocycles. The van der Waals surface area contributed by atoms with Crippen LogP contribution in [-0.2, 0) is 0 Å². The lowest BCUT2D eigenvalue weighted by Crippen LogP contribution is -2.35. The van der Waals surface area contributed by atoms with E-state index >= 15 is 0 Å². The molecule has 22 heavy (non-hydrogen) atoms. The van der Waals surface area contributed by atoms with Crippen molar-refractivity contribution in [2.45, 2.75) is 104 Å². The second-order valence-corrected chi connectivity index (χ2v) is 8.79. The molecule has 0 fully saturated rings. The quantitative estimate of drug-likeness (QED) is 0.217. The molecule has 0 aliphatic carbocycles. The zero-order valence-electron chi connectivity index (χ0n) is 16.6. The molecular formula is C21H46N+. The highest BCUT2D eigenvalue weighted by Crippen LogP contribution is 2.14. The number of hydrogen-bond donors (Lipinski definition) is 0. The predicted octanol–water partition coefficient (Wildman–Crippen LogP) is 6.81. The molecule has 0 unspecified atom stereocenters. The standard InChI is InChI=1S/C21H46N/c1-21(2)19-17-15-13-11-9-7-6-8-10-12-14-16-18-20-22(3,4)5/h21H,6-20H2,1-5H3/q+1. The molecule has 0 aromatic heterocycles. The molecular weight excluding hydrogens is 266 g/mol. The molecule has 1 nitrogen and oxygen atoms in total. The van der Waals surface area contributed by atoms with Gasteiger partial charge >= 0.3 is 0 Å². The highest BCUT2D eigenvalue weighted by Gasteiger charge is 2.04. The highest BCUT2D eigenvalue weighted by molar-refractivity contribution is 4.50. The molecule has 0 aromatic carbocycles. The van der Waals surface area contributed by atoms with E-state index in [4.69, 9.17) is 0 Å². The van der Waals surface area contributed by atoms with Crippen LogP contribution >= 0.6 is 0 Å². The van der Waals surface area contributed by atoms with Crippen LogP contribution < -0.4 is 0 Å². The van der Waals surface area contributed by atoms with E-state index in [1.807, 2.05) is 0 Å². The van der Waals surface area contributed by atoms with E-state index < -0.39 is 0 Å². The number of quaternary nitrogens is 1. The average molecular weight is 313 g/mol. The molecule has 0 heterocycles. The third-order valence-corrected chi connectivity index (χ3v) is 4.61. The van der Waals surface area contributed by atoms with E-state index in [-0.39, 0.29) is 0 Å². The second-order valence-electron chi connectivity index (χ2n) is 8.79. The molecule has 0 radical (unpaired) electrons. The molecule has 0 amide bonds. The minimum absolute atomic E-state index is 0.896. The topological polar surface area (TPSA) is 0 Å². The van der Waals surface area contributed by atoms with Gasteiger partial charge in [0.25, 0.3) is 0 Å². The van der Waals surface area contributed by atoms with Gasteiger partial charge in [0.1, 0.15) is 0 Å². The van der Waals surface area contributed by atoms with Crippen molar-refractivity contribution in [2.75, 3.05) is 27.7 Å². The molecule has 0 rings (SSSR count). The van der Waals surface area contributed by atoms with Gasteiger partial charge < -0.3 is 4.48 Å². The van der Waals surface area contributed by atoms with Crippen LogP contribution in [0.5, 0.6) is 0 Å². The Morgan fingerprint density at radius 3 is 1.14 bits per heavy atom. The largest absolute Gasteiger partial charge is 0.331 e. The third kappa shape index (κ3) is 20.0. The van der Waals surface area contributed by atoms with Crippen molar-refractivity contribution < 1.29 is 4.48 Å². The van der Waals surface area contributed by atoms with Crippen LogP contribution in [0.4, 0.5) is 0 Å². The first-order valence-corrected chi connectivity index (χ1v) is 10.2. The van der Waals surface area contributed by atoms with Crippen LogP contribution in [0.2, 0.25) is 0 Å². The van der Waals surface area contributed by atoms with Crippen molar-refractivity contribution in [2.24, 2.45) is 5.92 Å². The van der Waals surface area contributed by atoms with Crippen LogP contribution in [0.3, 0.4) is 0 Å². The smallest absolute Gasteiger partial charge is 0.0780 e. The van der Waals surface area contributed by atoms with Gasteiger partial charge in [-0.2, -0.15) is 0 Å². The summed E-state index contributed by atoms with van der Waals surface area (Å²) in [5, 5.41) is 0. The van der Waals surface area contributed by atoms with Crippen molar-refractivity contribution in [3.8, 4) is 0 Å². The lowest BCUT2D eigenvalue weighted by Gasteiger charge is -2.23. The summed E-state index contributed by atoms with van der Waals surface area (Å²) >= 11 is 0. The van der Waals surface area contributed by atoms with E-state index in [0.29, 0.717) is 0 Å². The summed E-state index contributed by atoms with van der Waals surface area (Å²) in [5.41, 5.74) is 0. The van der Waals surface area contributed by atoms with Gasteiger partial charge in [-0.15, -0.1) is 0 Å². The molecule has 0 atom stereocenters. The van der Waals surface area contributed by atoms with Crippen LogP contribution in [0.1, 0.15) is 104 Å². The first kappa shape index (κ1) is 22.0. The highest BCUT2D eigenvalue weighted by atomic mass is 15.3. The Kier molecular flexibility index (Phi) is 14.5. The van der Waals surface area contributed by atoms with Crippen molar-refractivity contribution in [1.82, 2.24) is 0 Å². The first-order chi connectivity index (χ1) is 10.4. The molecule has 0 spiro atoms. The Hall–Kier alpha value is -0.0400. The lowest BCUT2D eigenvalue weighted by molar-refractivity contribution is -0.870. The van der Waals surface area contributed by atoms with E-state index in [0.717, 1.165) is 10.4 Å². The van der Waals surface area contributed by atoms with Crippen LogP contribution in [-0.4, -0.2) is 32.2 Å². The van der Waals surface area contributed by atoms with Crippen LogP contribution in [0.25, 0.3) is 0 Å². The van der Waals surface area contributed by atoms with Gasteiger partial charge in [-0.05, 0) is 18.8 Å². The Labute approximate surface area is 142 Å². The van der Waals surface area contributed by atoms with Gasteiger partial charge in [0, 0.05) is 0 Å². The van der Waals surface area contributed by atoms with Gasteiger partial charge in [0.05, 0.1) is 27.7 Å². The number of unbranched alkanes of at least 4 members (excludes halogenated alkanes) is 12. The fourth-order valence-corrected chi connectivity index (χ4v) is 3.08. The summed E-state index contributed by atoms with van der Waals surface area (Å²) in [6, 6.07) is 0. The zero-order chi connectivity index (χ0) is 16.7. The van der Waals surface area contributed by atoms with Crippen molar-refractivity contribution in [1.29, 1.82) is 0 Å². The number of nitrogens with zero attached hydrogens (tertiary/aromatic N) is 1. The fourth-order valence-electron chi connectivity index (χ4n) is 3.08. The Morgan fingerprint density at radius 2 is 0.818 bits per heavy atom.